The maximum atomic E-state index is 11.4. The van der Waals surface area contributed by atoms with Gasteiger partial charge in [-0.2, -0.15) is 0 Å². The van der Waals surface area contributed by atoms with Gasteiger partial charge >= 0.3 is 0 Å². The smallest absolute Gasteiger partial charge is 0.0954 e. The monoisotopic (exact) mass is 316 g/mol. The van der Waals surface area contributed by atoms with Crippen molar-refractivity contribution in [2.75, 3.05) is 13.2 Å². The quantitative estimate of drug-likeness (QED) is 0.551. The Morgan fingerprint density at radius 1 is 0.944 bits per heavy atom. The van der Waals surface area contributed by atoms with Gasteiger partial charge in [-0.05, 0) is 56.3 Å². The first-order chi connectivity index (χ1) is 8.61. The van der Waals surface area contributed by atoms with Crippen molar-refractivity contribution in [3.05, 3.63) is 0 Å². The lowest BCUT2D eigenvalue weighted by atomic mass is 9.60. The molecule has 3 nitrogen and oxygen atoms in total. The number of aliphatic hydroxyl groups is 1. The molecule has 5 fully saturated rings. The van der Waals surface area contributed by atoms with Crippen LogP contribution in [0.25, 0.3) is 0 Å². The summed E-state index contributed by atoms with van der Waals surface area (Å²) in [5, 5.41) is 11.4. The fourth-order valence-electron chi connectivity index (χ4n) is 5.47. The van der Waals surface area contributed by atoms with Crippen molar-refractivity contribution in [2.24, 2.45) is 23.2 Å². The summed E-state index contributed by atoms with van der Waals surface area (Å²) in [6.45, 7) is 1.11. The van der Waals surface area contributed by atoms with Crippen LogP contribution < -0.4 is 0 Å². The minimum Gasteiger partial charge on any atom is -0.389 e. The number of halogens is 1. The highest BCUT2D eigenvalue weighted by molar-refractivity contribution is 9.09. The van der Waals surface area contributed by atoms with E-state index < -0.39 is 5.60 Å². The van der Waals surface area contributed by atoms with Gasteiger partial charge in [0.2, 0.25) is 0 Å². The van der Waals surface area contributed by atoms with Gasteiger partial charge in [-0.1, -0.05) is 15.9 Å². The van der Waals surface area contributed by atoms with Crippen LogP contribution in [0.1, 0.15) is 38.5 Å². The third-order valence-electron chi connectivity index (χ3n) is 6.05. The summed E-state index contributed by atoms with van der Waals surface area (Å²) < 4.78 is 0. The van der Waals surface area contributed by atoms with Crippen LogP contribution in [0.2, 0.25) is 0 Å². The highest BCUT2D eigenvalue weighted by Crippen LogP contribution is 2.62. The van der Waals surface area contributed by atoms with Crippen molar-refractivity contribution >= 4 is 15.9 Å². The minimum absolute atomic E-state index is 0.125. The Balaban J connectivity index is 1.78. The van der Waals surface area contributed by atoms with Gasteiger partial charge in [0.25, 0.3) is 0 Å². The number of hydrogen-bond donors (Lipinski definition) is 1. The molecule has 0 aromatic carbocycles. The second-order valence-electron chi connectivity index (χ2n) is 7.12. The van der Waals surface area contributed by atoms with Crippen molar-refractivity contribution in [2.45, 2.75) is 49.0 Å². The van der Waals surface area contributed by atoms with Crippen molar-refractivity contribution in [3.63, 3.8) is 0 Å². The zero-order valence-electron chi connectivity index (χ0n) is 10.6. The van der Waals surface area contributed by atoms with Gasteiger partial charge in [0.05, 0.1) is 23.6 Å². The second kappa shape index (κ2) is 3.94. The summed E-state index contributed by atoms with van der Waals surface area (Å²) >= 11 is 3.78. The molecule has 102 valence electrons. The minimum atomic E-state index is -0.538. The first-order valence-corrected chi connectivity index (χ1v) is 8.14. The molecule has 1 N–H and O–H groups in total. The van der Waals surface area contributed by atoms with Gasteiger partial charge in [-0.25, -0.2) is 9.78 Å². The standard InChI is InChI=1S/C14H21BrO3/c15-12-7-17-18-8-13(12)4-9-1-10-3-11(2-9)6-14(13,16)5-10/h9-12,16H,1-8H2/t9?,10-,11+,12-,13+,14?/m1/s1. The molecule has 5 rings (SSSR count). The molecule has 0 amide bonds. The van der Waals surface area contributed by atoms with Crippen LogP contribution in [0.5, 0.6) is 0 Å². The van der Waals surface area contributed by atoms with Crippen LogP contribution in [-0.2, 0) is 9.78 Å². The third kappa shape index (κ3) is 1.52. The fourth-order valence-corrected chi connectivity index (χ4v) is 6.32. The van der Waals surface area contributed by atoms with Crippen molar-refractivity contribution < 1.29 is 14.9 Å². The first kappa shape index (κ1) is 12.1. The van der Waals surface area contributed by atoms with E-state index in [0.29, 0.717) is 13.2 Å². The van der Waals surface area contributed by atoms with Crippen LogP contribution in [0.15, 0.2) is 0 Å². The van der Waals surface area contributed by atoms with Crippen LogP contribution in [0, 0.1) is 23.2 Å². The summed E-state index contributed by atoms with van der Waals surface area (Å²) in [5.74, 6) is 2.27. The Labute approximate surface area is 116 Å². The van der Waals surface area contributed by atoms with Gasteiger partial charge in [0, 0.05) is 5.41 Å². The van der Waals surface area contributed by atoms with E-state index >= 15 is 0 Å². The van der Waals surface area contributed by atoms with Crippen LogP contribution in [0.4, 0.5) is 0 Å². The summed E-state index contributed by atoms with van der Waals surface area (Å²) in [6, 6.07) is 0. The van der Waals surface area contributed by atoms with Crippen molar-refractivity contribution in [3.8, 4) is 0 Å². The third-order valence-corrected chi connectivity index (χ3v) is 7.19. The maximum absolute atomic E-state index is 11.4. The predicted octanol–water partition coefficient (Wildman–Crippen LogP) is 2.66. The molecule has 6 atom stereocenters. The molecule has 1 saturated heterocycles. The zero-order chi connectivity index (χ0) is 12.4. The molecule has 4 heteroatoms. The molecule has 5 aliphatic rings. The molecule has 4 saturated carbocycles. The summed E-state index contributed by atoms with van der Waals surface area (Å²) in [6.07, 6.45) is 7.05. The molecule has 1 spiro atoms. The molecular weight excluding hydrogens is 296 g/mol. The molecule has 1 aliphatic heterocycles. The molecule has 0 aromatic heterocycles. The first-order valence-electron chi connectivity index (χ1n) is 7.22. The number of rotatable bonds is 0. The Kier molecular flexibility index (Phi) is 2.65. The highest BCUT2D eigenvalue weighted by Gasteiger charge is 2.63. The lowest BCUT2D eigenvalue weighted by Gasteiger charge is -2.53. The van der Waals surface area contributed by atoms with Gasteiger partial charge in [0.15, 0.2) is 0 Å². The van der Waals surface area contributed by atoms with Crippen LogP contribution in [-0.4, -0.2) is 28.7 Å². The largest absolute Gasteiger partial charge is 0.389 e. The zero-order valence-corrected chi connectivity index (χ0v) is 12.2. The Morgan fingerprint density at radius 2 is 1.56 bits per heavy atom. The average molecular weight is 317 g/mol. The second-order valence-corrected chi connectivity index (χ2v) is 8.22. The molecule has 2 unspecified atom stereocenters. The summed E-state index contributed by atoms with van der Waals surface area (Å²) in [7, 11) is 0. The van der Waals surface area contributed by atoms with E-state index in [9.17, 15) is 5.11 Å². The highest BCUT2D eigenvalue weighted by atomic mass is 79.9. The Hall–Kier alpha value is 0.360. The van der Waals surface area contributed by atoms with Crippen LogP contribution >= 0.6 is 15.9 Å². The van der Waals surface area contributed by atoms with Crippen LogP contribution in [0.3, 0.4) is 0 Å². The van der Waals surface area contributed by atoms with E-state index in [-0.39, 0.29) is 10.2 Å². The molecule has 0 radical (unpaired) electrons. The molecule has 4 aliphatic carbocycles. The van der Waals surface area contributed by atoms with E-state index in [0.717, 1.165) is 37.0 Å². The summed E-state index contributed by atoms with van der Waals surface area (Å²) in [4.78, 5) is 10.7. The topological polar surface area (TPSA) is 38.7 Å². The molecule has 1 heterocycles. The maximum Gasteiger partial charge on any atom is 0.0954 e. The van der Waals surface area contributed by atoms with Gasteiger partial charge < -0.3 is 5.11 Å². The van der Waals surface area contributed by atoms with E-state index in [1.807, 2.05) is 0 Å². The van der Waals surface area contributed by atoms with E-state index in [2.05, 4.69) is 15.9 Å². The van der Waals surface area contributed by atoms with Gasteiger partial charge in [-0.3, -0.25) is 0 Å². The molecule has 4 bridgehead atoms. The Bertz CT molecular complexity index is 347. The lowest BCUT2D eigenvalue weighted by molar-refractivity contribution is -0.356. The SMILES string of the molecule is OC12C[C@@H]3CC(C[C@@H](C3)C1)C[C@@]21COOC[C@H]1Br. The van der Waals surface area contributed by atoms with Crippen molar-refractivity contribution in [1.29, 1.82) is 0 Å². The van der Waals surface area contributed by atoms with E-state index in [1.54, 1.807) is 0 Å². The average Bonchev–Trinajstić information content (AvgIpc) is 2.42. The van der Waals surface area contributed by atoms with E-state index in [4.69, 9.17) is 9.78 Å². The summed E-state index contributed by atoms with van der Waals surface area (Å²) in [5.41, 5.74) is -0.663. The normalized spacial score (nSPS) is 59.0. The molecular formula is C14H21BrO3. The molecule has 18 heavy (non-hydrogen) atoms. The number of hydrogen-bond acceptors (Lipinski definition) is 3. The van der Waals surface area contributed by atoms with Gasteiger partial charge in [0.1, 0.15) is 0 Å². The lowest BCUT2D eigenvalue weighted by Crippen LogP contribution is -2.60. The van der Waals surface area contributed by atoms with E-state index in [1.165, 1.54) is 19.3 Å². The van der Waals surface area contributed by atoms with Crippen molar-refractivity contribution in [1.82, 2.24) is 0 Å². The Morgan fingerprint density at radius 3 is 2.17 bits per heavy atom. The molecule has 0 aromatic rings. The number of alkyl halides is 1. The van der Waals surface area contributed by atoms with Gasteiger partial charge in [-0.15, -0.1) is 0 Å². The predicted molar refractivity (Wildman–Crippen MR) is 70.2 cm³/mol. The fraction of sp³-hybridized carbons (Fsp3) is 1.00.